The van der Waals surface area contributed by atoms with E-state index in [0.717, 1.165) is 6.54 Å². The van der Waals surface area contributed by atoms with Gasteiger partial charge in [0.15, 0.2) is 0 Å². The van der Waals surface area contributed by atoms with E-state index in [1.807, 2.05) is 0 Å². The second-order valence-corrected chi connectivity index (χ2v) is 4.01. The topological polar surface area (TPSA) is 38.0 Å². The van der Waals surface area contributed by atoms with Crippen LogP contribution in [0.5, 0.6) is 0 Å². The Labute approximate surface area is 105 Å². The van der Waals surface area contributed by atoms with Gasteiger partial charge < -0.3 is 0 Å². The number of benzene rings is 1. The highest BCUT2D eigenvalue weighted by Gasteiger charge is 1.94. The van der Waals surface area contributed by atoms with Gasteiger partial charge in [0, 0.05) is 6.54 Å². The van der Waals surface area contributed by atoms with Crippen LogP contribution < -0.4 is 11.3 Å². The first-order chi connectivity index (χ1) is 7.36. The minimum absolute atomic E-state index is 0. The summed E-state index contributed by atoms with van der Waals surface area (Å²) >= 11 is 0. The highest BCUT2D eigenvalue weighted by atomic mass is 35.5. The SMILES string of the molecule is CCCCCCc1ccc(CNN)cc1.Cl. The van der Waals surface area contributed by atoms with Gasteiger partial charge in [-0.1, -0.05) is 50.5 Å². The summed E-state index contributed by atoms with van der Waals surface area (Å²) in [4.78, 5) is 0. The fraction of sp³-hybridized carbons (Fsp3) is 0.538. The molecule has 0 saturated heterocycles. The van der Waals surface area contributed by atoms with Crippen LogP contribution in [0.3, 0.4) is 0 Å². The largest absolute Gasteiger partial charge is 0.271 e. The first-order valence-corrected chi connectivity index (χ1v) is 5.88. The van der Waals surface area contributed by atoms with Crippen LogP contribution in [0.15, 0.2) is 24.3 Å². The van der Waals surface area contributed by atoms with E-state index in [4.69, 9.17) is 5.84 Å². The average molecular weight is 243 g/mol. The predicted molar refractivity (Wildman–Crippen MR) is 72.6 cm³/mol. The first kappa shape index (κ1) is 15.4. The molecule has 0 fully saturated rings. The van der Waals surface area contributed by atoms with Gasteiger partial charge in [0.1, 0.15) is 0 Å². The van der Waals surface area contributed by atoms with E-state index in [1.54, 1.807) is 0 Å². The molecule has 3 heteroatoms. The Hall–Kier alpha value is -0.570. The van der Waals surface area contributed by atoms with Crippen LogP contribution in [0.25, 0.3) is 0 Å². The molecule has 0 heterocycles. The number of nitrogens with one attached hydrogen (secondary N) is 1. The second-order valence-electron chi connectivity index (χ2n) is 4.01. The third-order valence-corrected chi connectivity index (χ3v) is 2.65. The summed E-state index contributed by atoms with van der Waals surface area (Å²) in [5.74, 6) is 5.26. The number of aryl methyl sites for hydroxylation is 1. The standard InChI is InChI=1S/C13H22N2.ClH/c1-2-3-4-5-6-12-7-9-13(10-8-12)11-15-14;/h7-10,15H,2-6,11,14H2,1H3;1H. The van der Waals surface area contributed by atoms with Crippen molar-refractivity contribution in [3.63, 3.8) is 0 Å². The lowest BCUT2D eigenvalue weighted by Gasteiger charge is -2.03. The molecular weight excluding hydrogens is 220 g/mol. The fourth-order valence-corrected chi connectivity index (χ4v) is 1.70. The van der Waals surface area contributed by atoms with Crippen LogP contribution in [0.4, 0.5) is 0 Å². The molecule has 3 N–H and O–H groups in total. The van der Waals surface area contributed by atoms with E-state index >= 15 is 0 Å². The molecule has 0 aliphatic rings. The van der Waals surface area contributed by atoms with Crippen molar-refractivity contribution in [1.29, 1.82) is 0 Å². The molecular formula is C13H23ClN2. The molecule has 92 valence electrons. The van der Waals surface area contributed by atoms with Crippen molar-refractivity contribution >= 4 is 12.4 Å². The number of hydrogen-bond acceptors (Lipinski definition) is 2. The zero-order chi connectivity index (χ0) is 10.9. The number of halogens is 1. The maximum absolute atomic E-state index is 5.26. The minimum atomic E-state index is 0. The normalized spacial score (nSPS) is 9.88. The zero-order valence-electron chi connectivity index (χ0n) is 10.0. The molecule has 2 nitrogen and oxygen atoms in total. The zero-order valence-corrected chi connectivity index (χ0v) is 10.9. The van der Waals surface area contributed by atoms with Gasteiger partial charge in [-0.25, -0.2) is 0 Å². The van der Waals surface area contributed by atoms with Gasteiger partial charge in [0.05, 0.1) is 0 Å². The van der Waals surface area contributed by atoms with E-state index in [1.165, 1.54) is 43.2 Å². The van der Waals surface area contributed by atoms with Crippen LogP contribution in [-0.2, 0) is 13.0 Å². The summed E-state index contributed by atoms with van der Waals surface area (Å²) in [6, 6.07) is 8.71. The lowest BCUT2D eigenvalue weighted by molar-refractivity contribution is 0.666. The minimum Gasteiger partial charge on any atom is -0.271 e. The average Bonchev–Trinajstić information content (AvgIpc) is 2.27. The lowest BCUT2D eigenvalue weighted by Crippen LogP contribution is -2.20. The van der Waals surface area contributed by atoms with Crippen LogP contribution in [0, 0.1) is 0 Å². The summed E-state index contributed by atoms with van der Waals surface area (Å²) in [5.41, 5.74) is 5.35. The van der Waals surface area contributed by atoms with Crippen molar-refractivity contribution < 1.29 is 0 Å². The van der Waals surface area contributed by atoms with E-state index in [2.05, 4.69) is 36.6 Å². The summed E-state index contributed by atoms with van der Waals surface area (Å²) < 4.78 is 0. The molecule has 1 aromatic rings. The maximum Gasteiger partial charge on any atom is 0.0348 e. The van der Waals surface area contributed by atoms with E-state index < -0.39 is 0 Å². The molecule has 0 amide bonds. The Morgan fingerprint density at radius 2 is 1.62 bits per heavy atom. The second kappa shape index (κ2) is 9.64. The molecule has 0 radical (unpaired) electrons. The fourth-order valence-electron chi connectivity index (χ4n) is 1.70. The van der Waals surface area contributed by atoms with Gasteiger partial charge in [-0.05, 0) is 24.0 Å². The van der Waals surface area contributed by atoms with Gasteiger partial charge in [-0.2, -0.15) is 0 Å². The number of nitrogens with two attached hydrogens (primary N) is 1. The number of hydrazine groups is 1. The Bertz CT molecular complexity index is 259. The molecule has 0 unspecified atom stereocenters. The summed E-state index contributed by atoms with van der Waals surface area (Å²) in [5, 5.41) is 0. The quantitative estimate of drug-likeness (QED) is 0.438. The Kier molecular flexibility index (Phi) is 9.30. The summed E-state index contributed by atoms with van der Waals surface area (Å²) in [6.45, 7) is 2.99. The van der Waals surface area contributed by atoms with E-state index in [-0.39, 0.29) is 12.4 Å². The summed E-state index contributed by atoms with van der Waals surface area (Å²) in [6.07, 6.45) is 6.53. The van der Waals surface area contributed by atoms with Crippen LogP contribution in [0.2, 0.25) is 0 Å². The number of rotatable bonds is 7. The predicted octanol–water partition coefficient (Wildman–Crippen LogP) is 3.19. The van der Waals surface area contributed by atoms with Gasteiger partial charge in [-0.3, -0.25) is 11.3 Å². The van der Waals surface area contributed by atoms with Gasteiger partial charge in [-0.15, -0.1) is 12.4 Å². The van der Waals surface area contributed by atoms with E-state index in [9.17, 15) is 0 Å². The molecule has 1 rings (SSSR count). The van der Waals surface area contributed by atoms with Crippen molar-refractivity contribution in [2.75, 3.05) is 0 Å². The van der Waals surface area contributed by atoms with Gasteiger partial charge >= 0.3 is 0 Å². The van der Waals surface area contributed by atoms with Crippen molar-refractivity contribution in [1.82, 2.24) is 5.43 Å². The van der Waals surface area contributed by atoms with Gasteiger partial charge in [0.25, 0.3) is 0 Å². The van der Waals surface area contributed by atoms with Crippen molar-refractivity contribution in [2.24, 2.45) is 5.84 Å². The van der Waals surface area contributed by atoms with Crippen molar-refractivity contribution in [3.8, 4) is 0 Å². The lowest BCUT2D eigenvalue weighted by atomic mass is 10.0. The highest BCUT2D eigenvalue weighted by Crippen LogP contribution is 2.09. The van der Waals surface area contributed by atoms with Crippen LogP contribution in [0.1, 0.15) is 43.7 Å². The molecule has 0 spiro atoms. The third kappa shape index (κ3) is 6.11. The van der Waals surface area contributed by atoms with Crippen LogP contribution in [-0.4, -0.2) is 0 Å². The summed E-state index contributed by atoms with van der Waals surface area (Å²) in [7, 11) is 0. The molecule has 1 aromatic carbocycles. The number of hydrogen-bond donors (Lipinski definition) is 2. The Morgan fingerprint density at radius 3 is 2.19 bits per heavy atom. The molecule has 0 aliphatic heterocycles. The molecule has 16 heavy (non-hydrogen) atoms. The van der Waals surface area contributed by atoms with E-state index in [0.29, 0.717) is 0 Å². The van der Waals surface area contributed by atoms with Crippen molar-refractivity contribution in [3.05, 3.63) is 35.4 Å². The van der Waals surface area contributed by atoms with Crippen LogP contribution >= 0.6 is 12.4 Å². The highest BCUT2D eigenvalue weighted by molar-refractivity contribution is 5.85. The first-order valence-electron chi connectivity index (χ1n) is 5.88. The maximum atomic E-state index is 5.26. The monoisotopic (exact) mass is 242 g/mol. The molecule has 0 saturated carbocycles. The Morgan fingerprint density at radius 1 is 1.00 bits per heavy atom. The molecule has 0 aromatic heterocycles. The third-order valence-electron chi connectivity index (χ3n) is 2.65. The number of unbranched alkanes of at least 4 members (excludes halogenated alkanes) is 3. The molecule has 0 atom stereocenters. The molecule has 0 aliphatic carbocycles. The van der Waals surface area contributed by atoms with Crippen molar-refractivity contribution in [2.45, 2.75) is 45.6 Å². The Balaban J connectivity index is 0.00000225. The van der Waals surface area contributed by atoms with Gasteiger partial charge in [0.2, 0.25) is 0 Å². The smallest absolute Gasteiger partial charge is 0.0348 e. The molecule has 0 bridgehead atoms.